The van der Waals surface area contributed by atoms with Crippen LogP contribution in [0.5, 0.6) is 0 Å². The van der Waals surface area contributed by atoms with Gasteiger partial charge in [0.1, 0.15) is 0 Å². The number of amides is 2. The first-order valence-electron chi connectivity index (χ1n) is 5.36. The van der Waals surface area contributed by atoms with Crippen molar-refractivity contribution in [2.45, 2.75) is 25.4 Å². The van der Waals surface area contributed by atoms with Gasteiger partial charge in [0.2, 0.25) is 0 Å². The Bertz CT molecular complexity index is 251. The Kier molecular flexibility index (Phi) is 5.04. The van der Waals surface area contributed by atoms with Gasteiger partial charge in [-0.25, -0.2) is 4.79 Å². The third kappa shape index (κ3) is 4.06. The fourth-order valence-electron chi connectivity index (χ4n) is 1.65. The number of urea groups is 1. The second-order valence-corrected chi connectivity index (χ2v) is 3.75. The van der Waals surface area contributed by atoms with E-state index in [4.69, 9.17) is 10.5 Å². The number of carbonyl (C=O) groups excluding carboxylic acids is 2. The Hall–Kier alpha value is -1.30. The van der Waals surface area contributed by atoms with Crippen molar-refractivity contribution in [3.05, 3.63) is 0 Å². The molecule has 1 aliphatic heterocycles. The maximum atomic E-state index is 11.1. The van der Waals surface area contributed by atoms with Crippen LogP contribution >= 0.6 is 0 Å². The van der Waals surface area contributed by atoms with Crippen LogP contribution in [0.4, 0.5) is 4.79 Å². The standard InChI is InChI=1S/C10H18N2O4/c1-15-9(13)4-5-12(10(11)14)7-8-3-2-6-16-8/h8H,2-7H2,1H3,(H2,11,14). The predicted octanol–water partition coefficient (Wildman–Crippen LogP) is 0.109. The van der Waals surface area contributed by atoms with Crippen molar-refractivity contribution in [3.8, 4) is 0 Å². The molecule has 6 heteroatoms. The SMILES string of the molecule is COC(=O)CCN(CC1CCCO1)C(N)=O. The largest absolute Gasteiger partial charge is 0.469 e. The second-order valence-electron chi connectivity index (χ2n) is 3.75. The first-order valence-corrected chi connectivity index (χ1v) is 5.36. The number of methoxy groups -OCH3 is 1. The van der Waals surface area contributed by atoms with Crippen molar-refractivity contribution in [1.82, 2.24) is 4.90 Å². The molecule has 0 aromatic carbocycles. The van der Waals surface area contributed by atoms with E-state index in [0.717, 1.165) is 19.4 Å². The van der Waals surface area contributed by atoms with E-state index in [9.17, 15) is 9.59 Å². The lowest BCUT2D eigenvalue weighted by Gasteiger charge is -2.22. The molecule has 1 aliphatic rings. The first kappa shape index (κ1) is 12.8. The summed E-state index contributed by atoms with van der Waals surface area (Å²) in [5.74, 6) is -0.349. The van der Waals surface area contributed by atoms with Gasteiger partial charge in [-0.15, -0.1) is 0 Å². The number of hydrogen-bond acceptors (Lipinski definition) is 4. The molecule has 2 amide bonds. The molecular weight excluding hydrogens is 212 g/mol. The number of carbonyl (C=O) groups is 2. The Morgan fingerprint density at radius 2 is 2.31 bits per heavy atom. The average molecular weight is 230 g/mol. The molecule has 0 aromatic heterocycles. The maximum Gasteiger partial charge on any atom is 0.314 e. The molecule has 1 saturated heterocycles. The summed E-state index contributed by atoms with van der Waals surface area (Å²) in [6, 6.07) is -0.528. The van der Waals surface area contributed by atoms with Gasteiger partial charge in [0.15, 0.2) is 0 Å². The van der Waals surface area contributed by atoms with Gasteiger partial charge in [-0.3, -0.25) is 4.79 Å². The maximum absolute atomic E-state index is 11.1. The van der Waals surface area contributed by atoms with Gasteiger partial charge in [0.05, 0.1) is 19.6 Å². The average Bonchev–Trinajstić information content (AvgIpc) is 2.75. The molecule has 0 saturated carbocycles. The molecule has 0 aromatic rings. The number of esters is 1. The number of ether oxygens (including phenoxy) is 2. The molecule has 1 unspecified atom stereocenters. The molecule has 0 bridgehead atoms. The molecule has 6 nitrogen and oxygen atoms in total. The van der Waals surface area contributed by atoms with Crippen LogP contribution in [0.1, 0.15) is 19.3 Å². The van der Waals surface area contributed by atoms with Crippen LogP contribution in [0.15, 0.2) is 0 Å². The first-order chi connectivity index (χ1) is 7.63. The molecular formula is C10H18N2O4. The van der Waals surface area contributed by atoms with Gasteiger partial charge < -0.3 is 20.1 Å². The summed E-state index contributed by atoms with van der Waals surface area (Å²) >= 11 is 0. The number of rotatable bonds is 5. The van der Waals surface area contributed by atoms with E-state index < -0.39 is 6.03 Å². The van der Waals surface area contributed by atoms with Crippen LogP contribution in [0, 0.1) is 0 Å². The lowest BCUT2D eigenvalue weighted by atomic mass is 10.2. The van der Waals surface area contributed by atoms with Crippen molar-refractivity contribution >= 4 is 12.0 Å². The molecule has 1 rings (SSSR count). The molecule has 16 heavy (non-hydrogen) atoms. The van der Waals surface area contributed by atoms with Crippen LogP contribution in [-0.2, 0) is 14.3 Å². The van der Waals surface area contributed by atoms with E-state index in [0.29, 0.717) is 6.54 Å². The molecule has 1 atom stereocenters. The number of nitrogens with zero attached hydrogens (tertiary/aromatic N) is 1. The van der Waals surface area contributed by atoms with Crippen molar-refractivity contribution < 1.29 is 19.1 Å². The highest BCUT2D eigenvalue weighted by Crippen LogP contribution is 2.13. The Balaban J connectivity index is 2.34. The minimum Gasteiger partial charge on any atom is -0.469 e. The van der Waals surface area contributed by atoms with E-state index in [1.54, 1.807) is 0 Å². The van der Waals surface area contributed by atoms with E-state index >= 15 is 0 Å². The zero-order chi connectivity index (χ0) is 12.0. The smallest absolute Gasteiger partial charge is 0.314 e. The van der Waals surface area contributed by atoms with Gasteiger partial charge in [-0.1, -0.05) is 0 Å². The summed E-state index contributed by atoms with van der Waals surface area (Å²) in [5, 5.41) is 0. The monoisotopic (exact) mass is 230 g/mol. The molecule has 1 fully saturated rings. The summed E-state index contributed by atoms with van der Waals surface area (Å²) < 4.78 is 9.90. The van der Waals surface area contributed by atoms with Crippen LogP contribution in [-0.4, -0.2) is 49.8 Å². The highest BCUT2D eigenvalue weighted by molar-refractivity contribution is 5.74. The van der Waals surface area contributed by atoms with Crippen LogP contribution in [0.3, 0.4) is 0 Å². The Morgan fingerprint density at radius 1 is 1.56 bits per heavy atom. The third-order valence-corrected chi connectivity index (χ3v) is 2.57. The van der Waals surface area contributed by atoms with E-state index in [-0.39, 0.29) is 25.0 Å². The molecule has 2 N–H and O–H groups in total. The topological polar surface area (TPSA) is 81.9 Å². The molecule has 0 aliphatic carbocycles. The summed E-state index contributed by atoms with van der Waals surface area (Å²) in [6.45, 7) is 1.46. The molecule has 1 heterocycles. The van der Waals surface area contributed by atoms with E-state index in [2.05, 4.69) is 4.74 Å². The van der Waals surface area contributed by atoms with Crippen molar-refractivity contribution in [2.24, 2.45) is 5.73 Å². The summed E-state index contributed by atoms with van der Waals surface area (Å²) in [5.41, 5.74) is 5.22. The second kappa shape index (κ2) is 6.32. The Morgan fingerprint density at radius 3 is 2.81 bits per heavy atom. The van der Waals surface area contributed by atoms with Crippen LogP contribution < -0.4 is 5.73 Å². The predicted molar refractivity (Wildman–Crippen MR) is 56.8 cm³/mol. The fraction of sp³-hybridized carbons (Fsp3) is 0.800. The minimum atomic E-state index is -0.528. The normalized spacial score (nSPS) is 19.4. The molecule has 0 radical (unpaired) electrons. The zero-order valence-corrected chi connectivity index (χ0v) is 9.48. The third-order valence-electron chi connectivity index (χ3n) is 2.57. The van der Waals surface area contributed by atoms with Gasteiger partial charge in [-0.05, 0) is 12.8 Å². The number of nitrogens with two attached hydrogens (primary N) is 1. The highest BCUT2D eigenvalue weighted by atomic mass is 16.5. The summed E-state index contributed by atoms with van der Waals surface area (Å²) in [4.78, 5) is 23.5. The molecule has 92 valence electrons. The quantitative estimate of drug-likeness (QED) is 0.679. The number of primary amides is 1. The fourth-order valence-corrected chi connectivity index (χ4v) is 1.65. The zero-order valence-electron chi connectivity index (χ0n) is 9.48. The van der Waals surface area contributed by atoms with Crippen molar-refractivity contribution in [3.63, 3.8) is 0 Å². The lowest BCUT2D eigenvalue weighted by Crippen LogP contribution is -2.42. The summed E-state index contributed by atoms with van der Waals surface area (Å²) in [6.07, 6.45) is 2.15. The van der Waals surface area contributed by atoms with Gasteiger partial charge >= 0.3 is 12.0 Å². The van der Waals surface area contributed by atoms with Gasteiger partial charge in [-0.2, -0.15) is 0 Å². The van der Waals surface area contributed by atoms with E-state index in [1.807, 2.05) is 0 Å². The van der Waals surface area contributed by atoms with Crippen LogP contribution in [0.25, 0.3) is 0 Å². The highest BCUT2D eigenvalue weighted by Gasteiger charge is 2.21. The lowest BCUT2D eigenvalue weighted by molar-refractivity contribution is -0.140. The number of hydrogen-bond donors (Lipinski definition) is 1. The van der Waals surface area contributed by atoms with Crippen LogP contribution in [0.2, 0.25) is 0 Å². The van der Waals surface area contributed by atoms with Gasteiger partial charge in [0, 0.05) is 19.7 Å². The van der Waals surface area contributed by atoms with Crippen molar-refractivity contribution in [2.75, 3.05) is 26.8 Å². The molecule has 0 spiro atoms. The van der Waals surface area contributed by atoms with E-state index in [1.165, 1.54) is 12.0 Å². The minimum absolute atomic E-state index is 0.0464. The van der Waals surface area contributed by atoms with Gasteiger partial charge in [0.25, 0.3) is 0 Å². The summed E-state index contributed by atoms with van der Waals surface area (Å²) in [7, 11) is 1.32. The van der Waals surface area contributed by atoms with Crippen molar-refractivity contribution in [1.29, 1.82) is 0 Å². The Labute approximate surface area is 94.7 Å².